The van der Waals surface area contributed by atoms with Gasteiger partial charge in [-0.05, 0) is 6.92 Å². The maximum atomic E-state index is 11.7. The number of hydrogen-bond acceptors (Lipinski definition) is 5. The van der Waals surface area contributed by atoms with Crippen molar-refractivity contribution in [3.8, 4) is 0 Å². The van der Waals surface area contributed by atoms with Gasteiger partial charge in [-0.25, -0.2) is 4.79 Å². The van der Waals surface area contributed by atoms with Crippen molar-refractivity contribution in [3.05, 3.63) is 11.7 Å². The van der Waals surface area contributed by atoms with E-state index in [4.69, 9.17) is 9.26 Å². The summed E-state index contributed by atoms with van der Waals surface area (Å²) in [6.07, 6.45) is 0.553. The van der Waals surface area contributed by atoms with Crippen molar-refractivity contribution in [1.82, 2.24) is 20.4 Å². The van der Waals surface area contributed by atoms with E-state index < -0.39 is 0 Å². The smallest absolute Gasteiger partial charge is 0.317 e. The molecule has 1 fully saturated rings. The number of carbonyl (C=O) groups is 1. The molecule has 0 aliphatic carbocycles. The number of ether oxygens (including phenoxy) is 1. The van der Waals surface area contributed by atoms with Gasteiger partial charge in [-0.15, -0.1) is 0 Å². The highest BCUT2D eigenvalue weighted by molar-refractivity contribution is 5.74. The maximum Gasteiger partial charge on any atom is 0.317 e. The lowest BCUT2D eigenvalue weighted by molar-refractivity contribution is 0.0532. The van der Waals surface area contributed by atoms with Crippen LogP contribution in [-0.2, 0) is 11.2 Å². The summed E-state index contributed by atoms with van der Waals surface area (Å²) < 4.78 is 10.1. The highest BCUT2D eigenvalue weighted by atomic mass is 16.5. The molecule has 2 rings (SSSR count). The second-order valence-electron chi connectivity index (χ2n) is 3.82. The molecular formula is C10H16N4O3. The van der Waals surface area contributed by atoms with E-state index in [9.17, 15) is 4.79 Å². The van der Waals surface area contributed by atoms with Crippen LogP contribution in [0.2, 0.25) is 0 Å². The maximum absolute atomic E-state index is 11.7. The first-order chi connectivity index (χ1) is 8.25. The second-order valence-corrected chi connectivity index (χ2v) is 3.82. The number of hydrogen-bond donors (Lipinski definition) is 1. The average Bonchev–Trinajstić information content (AvgIpc) is 2.76. The first-order valence-corrected chi connectivity index (χ1v) is 5.65. The number of amides is 2. The first-order valence-electron chi connectivity index (χ1n) is 5.65. The molecule has 7 heteroatoms. The van der Waals surface area contributed by atoms with Crippen molar-refractivity contribution in [2.75, 3.05) is 32.8 Å². The van der Waals surface area contributed by atoms with Crippen LogP contribution >= 0.6 is 0 Å². The van der Waals surface area contributed by atoms with Gasteiger partial charge in [0.05, 0.1) is 13.2 Å². The zero-order valence-electron chi connectivity index (χ0n) is 9.81. The Hall–Kier alpha value is -1.63. The molecule has 1 aromatic rings. The third-order valence-corrected chi connectivity index (χ3v) is 2.48. The van der Waals surface area contributed by atoms with Crippen LogP contribution in [0.5, 0.6) is 0 Å². The molecule has 0 bridgehead atoms. The largest absolute Gasteiger partial charge is 0.378 e. The summed E-state index contributed by atoms with van der Waals surface area (Å²) in [4.78, 5) is 17.5. The SMILES string of the molecule is Cc1noc(CCNC(=O)N2CCOCC2)n1. The van der Waals surface area contributed by atoms with E-state index in [0.29, 0.717) is 51.0 Å². The van der Waals surface area contributed by atoms with Crippen molar-refractivity contribution in [2.45, 2.75) is 13.3 Å². The Bertz CT molecular complexity index is 373. The molecule has 2 heterocycles. The van der Waals surface area contributed by atoms with Crippen LogP contribution in [0, 0.1) is 6.92 Å². The summed E-state index contributed by atoms with van der Waals surface area (Å²) in [6, 6.07) is -0.0652. The second kappa shape index (κ2) is 5.62. The average molecular weight is 240 g/mol. The van der Waals surface area contributed by atoms with E-state index in [1.165, 1.54) is 0 Å². The molecule has 1 aliphatic heterocycles. The van der Waals surface area contributed by atoms with Crippen LogP contribution in [0.25, 0.3) is 0 Å². The lowest BCUT2D eigenvalue weighted by Crippen LogP contribution is -2.46. The fourth-order valence-electron chi connectivity index (χ4n) is 1.60. The van der Waals surface area contributed by atoms with Crippen LogP contribution in [-0.4, -0.2) is 53.9 Å². The molecule has 7 nitrogen and oxygen atoms in total. The van der Waals surface area contributed by atoms with Crippen molar-refractivity contribution in [3.63, 3.8) is 0 Å². The molecule has 0 atom stereocenters. The van der Waals surface area contributed by atoms with Gasteiger partial charge in [0.15, 0.2) is 5.82 Å². The number of nitrogens with one attached hydrogen (secondary N) is 1. The van der Waals surface area contributed by atoms with Crippen LogP contribution < -0.4 is 5.32 Å². The standard InChI is InChI=1S/C10H16N4O3/c1-8-12-9(17-13-8)2-3-11-10(15)14-4-6-16-7-5-14/h2-7H2,1H3,(H,11,15). The van der Waals surface area contributed by atoms with Crippen LogP contribution in [0.15, 0.2) is 4.52 Å². The first kappa shape index (κ1) is 11.8. The van der Waals surface area contributed by atoms with Crippen molar-refractivity contribution in [1.29, 1.82) is 0 Å². The monoisotopic (exact) mass is 240 g/mol. The summed E-state index contributed by atoms with van der Waals surface area (Å²) >= 11 is 0. The molecule has 0 spiro atoms. The molecule has 17 heavy (non-hydrogen) atoms. The number of rotatable bonds is 3. The quantitative estimate of drug-likeness (QED) is 0.802. The van der Waals surface area contributed by atoms with Crippen molar-refractivity contribution < 1.29 is 14.1 Å². The van der Waals surface area contributed by atoms with Crippen LogP contribution in [0.4, 0.5) is 4.79 Å². The van der Waals surface area contributed by atoms with Gasteiger partial charge >= 0.3 is 6.03 Å². The minimum absolute atomic E-state index is 0.0652. The number of morpholine rings is 1. The molecule has 2 amide bonds. The third-order valence-electron chi connectivity index (χ3n) is 2.48. The van der Waals surface area contributed by atoms with Crippen molar-refractivity contribution >= 4 is 6.03 Å². The van der Waals surface area contributed by atoms with Gasteiger partial charge in [0.25, 0.3) is 0 Å². The lowest BCUT2D eigenvalue weighted by Gasteiger charge is -2.26. The van der Waals surface area contributed by atoms with E-state index in [-0.39, 0.29) is 6.03 Å². The Morgan fingerprint density at radius 2 is 2.24 bits per heavy atom. The highest BCUT2D eigenvalue weighted by Gasteiger charge is 2.16. The number of nitrogens with zero attached hydrogens (tertiary/aromatic N) is 3. The topological polar surface area (TPSA) is 80.5 Å². The van der Waals surface area contributed by atoms with E-state index in [1.54, 1.807) is 11.8 Å². The van der Waals surface area contributed by atoms with E-state index in [0.717, 1.165) is 0 Å². The van der Waals surface area contributed by atoms with Crippen molar-refractivity contribution in [2.24, 2.45) is 0 Å². The molecule has 1 aromatic heterocycles. The van der Waals surface area contributed by atoms with E-state index in [2.05, 4.69) is 15.5 Å². The predicted octanol–water partition coefficient (Wildman–Crippen LogP) is -0.0377. The number of aryl methyl sites for hydroxylation is 1. The Kier molecular flexibility index (Phi) is 3.92. The molecule has 0 saturated carbocycles. The van der Waals surface area contributed by atoms with Gasteiger partial charge in [0.2, 0.25) is 5.89 Å². The highest BCUT2D eigenvalue weighted by Crippen LogP contribution is 1.98. The minimum atomic E-state index is -0.0652. The summed E-state index contributed by atoms with van der Waals surface area (Å²) in [5, 5.41) is 6.49. The Labute approximate surface area is 99.1 Å². The Balaban J connectivity index is 1.69. The molecule has 0 radical (unpaired) electrons. The summed E-state index contributed by atoms with van der Waals surface area (Å²) in [5.41, 5.74) is 0. The number of urea groups is 1. The Morgan fingerprint density at radius 1 is 1.47 bits per heavy atom. The summed E-state index contributed by atoms with van der Waals surface area (Å²) in [6.45, 7) is 4.76. The fourth-order valence-corrected chi connectivity index (χ4v) is 1.60. The van der Waals surface area contributed by atoms with Gasteiger partial charge in [0, 0.05) is 26.1 Å². The summed E-state index contributed by atoms with van der Waals surface area (Å²) in [5.74, 6) is 1.16. The third kappa shape index (κ3) is 3.42. The molecule has 1 aliphatic rings. The molecular weight excluding hydrogens is 224 g/mol. The normalized spacial score (nSPS) is 15.9. The minimum Gasteiger partial charge on any atom is -0.378 e. The van der Waals surface area contributed by atoms with Gasteiger partial charge in [-0.1, -0.05) is 5.16 Å². The zero-order chi connectivity index (χ0) is 12.1. The van der Waals surface area contributed by atoms with Crippen LogP contribution in [0.1, 0.15) is 11.7 Å². The summed E-state index contributed by atoms with van der Waals surface area (Å²) in [7, 11) is 0. The molecule has 1 saturated heterocycles. The molecule has 0 aromatic carbocycles. The lowest BCUT2D eigenvalue weighted by atomic mass is 10.4. The van der Waals surface area contributed by atoms with E-state index >= 15 is 0 Å². The zero-order valence-corrected chi connectivity index (χ0v) is 9.81. The van der Waals surface area contributed by atoms with Crippen LogP contribution in [0.3, 0.4) is 0 Å². The van der Waals surface area contributed by atoms with Gasteiger partial charge < -0.3 is 19.5 Å². The van der Waals surface area contributed by atoms with Gasteiger partial charge in [-0.2, -0.15) is 4.98 Å². The number of carbonyl (C=O) groups excluding carboxylic acids is 1. The van der Waals surface area contributed by atoms with Gasteiger partial charge in [0.1, 0.15) is 0 Å². The predicted molar refractivity (Wildman–Crippen MR) is 58.5 cm³/mol. The van der Waals surface area contributed by atoms with Gasteiger partial charge in [-0.3, -0.25) is 0 Å². The fraction of sp³-hybridized carbons (Fsp3) is 0.700. The Morgan fingerprint density at radius 3 is 2.88 bits per heavy atom. The molecule has 94 valence electrons. The molecule has 0 unspecified atom stereocenters. The molecule has 1 N–H and O–H groups in total. The number of aromatic nitrogens is 2. The van der Waals surface area contributed by atoms with E-state index in [1.807, 2.05) is 0 Å².